The fourth-order valence-corrected chi connectivity index (χ4v) is 3.51. The van der Waals surface area contributed by atoms with Gasteiger partial charge in [0.15, 0.2) is 0 Å². The Hall–Kier alpha value is -1.28. The van der Waals surface area contributed by atoms with Crippen molar-refractivity contribution in [3.8, 4) is 0 Å². The highest BCUT2D eigenvalue weighted by Crippen LogP contribution is 2.37. The molecule has 19 heavy (non-hydrogen) atoms. The van der Waals surface area contributed by atoms with Gasteiger partial charge in [0.2, 0.25) is 17.7 Å². The van der Waals surface area contributed by atoms with Gasteiger partial charge in [-0.1, -0.05) is 0 Å². The molecule has 0 rings (SSSR count). The fraction of sp³-hybridized carbons (Fsp3) is 0.667. The highest BCUT2D eigenvalue weighted by Gasteiger charge is 2.14. The highest BCUT2D eigenvalue weighted by molar-refractivity contribution is 7.57. The van der Waals surface area contributed by atoms with E-state index < -0.39 is 25.6 Å². The molecule has 0 aliphatic rings. The zero-order valence-corrected chi connectivity index (χ0v) is 11.2. The lowest BCUT2D eigenvalue weighted by Gasteiger charge is -2.16. The Balaban J connectivity index is 4.16. The van der Waals surface area contributed by atoms with Crippen LogP contribution < -0.4 is 16.4 Å². The second-order valence-corrected chi connectivity index (χ2v) is 6.38. The number of rotatable bonds is 9. The van der Waals surface area contributed by atoms with Crippen molar-refractivity contribution in [2.24, 2.45) is 0 Å². The SMILES string of the molecule is O=C(CCP(CCC(=O)NO)CCC(=O)NO)NO. The molecule has 0 aromatic rings. The van der Waals surface area contributed by atoms with Gasteiger partial charge in [-0.05, 0) is 18.5 Å². The Kier molecular flexibility index (Phi) is 9.91. The quantitative estimate of drug-likeness (QED) is 0.185. The molecule has 0 aliphatic heterocycles. The number of hydrogen-bond donors (Lipinski definition) is 6. The smallest absolute Gasteiger partial charge is 0.243 e. The lowest BCUT2D eigenvalue weighted by molar-refractivity contribution is -0.129. The molecular formula is C9H18N3O6P. The van der Waals surface area contributed by atoms with Gasteiger partial charge in [0.05, 0.1) is 0 Å². The average molecular weight is 295 g/mol. The first kappa shape index (κ1) is 17.7. The second-order valence-electron chi connectivity index (χ2n) is 3.70. The number of amides is 3. The third-order valence-electron chi connectivity index (χ3n) is 2.34. The van der Waals surface area contributed by atoms with Crippen LogP contribution >= 0.6 is 7.92 Å². The van der Waals surface area contributed by atoms with Crippen molar-refractivity contribution in [1.29, 1.82) is 0 Å². The fourth-order valence-electron chi connectivity index (χ4n) is 1.28. The number of carbonyl (C=O) groups is 3. The number of hydrogen-bond acceptors (Lipinski definition) is 6. The van der Waals surface area contributed by atoms with Crippen molar-refractivity contribution >= 4 is 25.6 Å². The van der Waals surface area contributed by atoms with Gasteiger partial charge in [0, 0.05) is 19.3 Å². The van der Waals surface area contributed by atoms with Crippen LogP contribution in [0.3, 0.4) is 0 Å². The van der Waals surface area contributed by atoms with Crippen LogP contribution in [0.15, 0.2) is 0 Å². The molecular weight excluding hydrogens is 277 g/mol. The number of nitrogens with one attached hydrogen (secondary N) is 3. The summed E-state index contributed by atoms with van der Waals surface area (Å²) in [6, 6.07) is 0. The Labute approximate surface area is 111 Å². The second kappa shape index (κ2) is 10.6. The van der Waals surface area contributed by atoms with Crippen LogP contribution in [-0.2, 0) is 14.4 Å². The Morgan fingerprint density at radius 3 is 1.16 bits per heavy atom. The lowest BCUT2D eigenvalue weighted by Crippen LogP contribution is -2.22. The molecule has 0 aliphatic carbocycles. The first-order valence-corrected chi connectivity index (χ1v) is 7.44. The van der Waals surface area contributed by atoms with Crippen LogP contribution in [0.2, 0.25) is 0 Å². The molecule has 0 spiro atoms. The predicted octanol–water partition coefficient (Wildman–Crippen LogP) is -0.845. The molecule has 0 saturated carbocycles. The molecule has 110 valence electrons. The summed E-state index contributed by atoms with van der Waals surface area (Å²) < 4.78 is 0. The summed E-state index contributed by atoms with van der Waals surface area (Å²) in [6.45, 7) is 0. The highest BCUT2D eigenvalue weighted by atomic mass is 31.1. The predicted molar refractivity (Wildman–Crippen MR) is 65.2 cm³/mol. The summed E-state index contributed by atoms with van der Waals surface area (Å²) in [6.07, 6.45) is 1.59. The van der Waals surface area contributed by atoms with Gasteiger partial charge >= 0.3 is 0 Å². The van der Waals surface area contributed by atoms with Crippen LogP contribution in [0, 0.1) is 0 Å². The maximum Gasteiger partial charge on any atom is 0.243 e. The largest absolute Gasteiger partial charge is 0.289 e. The molecule has 10 heteroatoms. The van der Waals surface area contributed by atoms with Gasteiger partial charge in [0.25, 0.3) is 0 Å². The summed E-state index contributed by atoms with van der Waals surface area (Å²) >= 11 is 0. The Morgan fingerprint density at radius 2 is 0.947 bits per heavy atom. The van der Waals surface area contributed by atoms with E-state index in [0.29, 0.717) is 18.5 Å². The van der Waals surface area contributed by atoms with Gasteiger partial charge in [-0.15, -0.1) is 7.92 Å². The Morgan fingerprint density at radius 1 is 0.684 bits per heavy atom. The standard InChI is InChI=1S/C9H18N3O6P/c13-7(10-16)1-4-19(5-2-8(14)11-17)6-3-9(15)12-18/h16-18H,1-6H2,(H,10,13)(H,11,14)(H,12,15). The zero-order valence-electron chi connectivity index (χ0n) is 10.3. The molecule has 0 aromatic carbocycles. The third kappa shape index (κ3) is 9.32. The molecule has 0 bridgehead atoms. The summed E-state index contributed by atoms with van der Waals surface area (Å²) in [5.41, 5.74) is 4.52. The lowest BCUT2D eigenvalue weighted by atomic mass is 10.5. The Bertz CT molecular complexity index is 267. The van der Waals surface area contributed by atoms with E-state index in [1.54, 1.807) is 0 Å². The van der Waals surface area contributed by atoms with Crippen molar-refractivity contribution < 1.29 is 30.0 Å². The van der Waals surface area contributed by atoms with Gasteiger partial charge in [-0.25, -0.2) is 16.4 Å². The molecule has 0 aromatic heterocycles. The third-order valence-corrected chi connectivity index (χ3v) is 4.91. The number of carbonyl (C=O) groups excluding carboxylic acids is 3. The maximum absolute atomic E-state index is 10.9. The summed E-state index contributed by atoms with van der Waals surface area (Å²) in [4.78, 5) is 32.7. The van der Waals surface area contributed by atoms with E-state index in [1.807, 2.05) is 0 Å². The maximum atomic E-state index is 10.9. The first-order valence-electron chi connectivity index (χ1n) is 5.54. The minimum Gasteiger partial charge on any atom is -0.289 e. The summed E-state index contributed by atoms with van der Waals surface area (Å²) in [7, 11) is -0.791. The molecule has 0 unspecified atom stereocenters. The van der Waals surface area contributed by atoms with Crippen LogP contribution in [0.1, 0.15) is 19.3 Å². The van der Waals surface area contributed by atoms with E-state index in [0.717, 1.165) is 0 Å². The molecule has 0 heterocycles. The van der Waals surface area contributed by atoms with Crippen molar-refractivity contribution in [2.75, 3.05) is 18.5 Å². The zero-order chi connectivity index (χ0) is 14.7. The minimum atomic E-state index is -0.791. The molecule has 0 radical (unpaired) electrons. The van der Waals surface area contributed by atoms with Crippen LogP contribution in [0.25, 0.3) is 0 Å². The van der Waals surface area contributed by atoms with Crippen molar-refractivity contribution in [2.45, 2.75) is 19.3 Å². The molecule has 0 atom stereocenters. The van der Waals surface area contributed by atoms with Crippen LogP contribution in [0.4, 0.5) is 0 Å². The van der Waals surface area contributed by atoms with E-state index in [4.69, 9.17) is 15.6 Å². The van der Waals surface area contributed by atoms with Crippen LogP contribution in [-0.4, -0.2) is 51.8 Å². The van der Waals surface area contributed by atoms with E-state index in [1.165, 1.54) is 16.4 Å². The molecule has 0 fully saturated rings. The van der Waals surface area contributed by atoms with Crippen LogP contribution in [0.5, 0.6) is 0 Å². The van der Waals surface area contributed by atoms with E-state index in [2.05, 4.69) is 0 Å². The molecule has 0 saturated heterocycles. The summed E-state index contributed by atoms with van der Waals surface area (Å²) in [5.74, 6) is -1.61. The first-order chi connectivity index (χ1) is 9.03. The van der Waals surface area contributed by atoms with E-state index in [-0.39, 0.29) is 19.3 Å². The van der Waals surface area contributed by atoms with E-state index >= 15 is 0 Å². The topological polar surface area (TPSA) is 148 Å². The van der Waals surface area contributed by atoms with Gasteiger partial charge in [-0.2, -0.15) is 0 Å². The van der Waals surface area contributed by atoms with Gasteiger partial charge in [0.1, 0.15) is 0 Å². The average Bonchev–Trinajstić information content (AvgIpc) is 2.44. The molecule has 6 N–H and O–H groups in total. The monoisotopic (exact) mass is 295 g/mol. The van der Waals surface area contributed by atoms with Crippen molar-refractivity contribution in [3.05, 3.63) is 0 Å². The van der Waals surface area contributed by atoms with Gasteiger partial charge in [-0.3, -0.25) is 30.0 Å². The van der Waals surface area contributed by atoms with Crippen molar-refractivity contribution in [3.63, 3.8) is 0 Å². The number of hydroxylamine groups is 3. The molecule has 9 nitrogen and oxygen atoms in total. The van der Waals surface area contributed by atoms with Gasteiger partial charge < -0.3 is 0 Å². The minimum absolute atomic E-state index is 0.0870. The van der Waals surface area contributed by atoms with Crippen molar-refractivity contribution in [1.82, 2.24) is 16.4 Å². The normalized spacial score (nSPS) is 10.1. The molecule has 3 amide bonds. The van der Waals surface area contributed by atoms with E-state index in [9.17, 15) is 14.4 Å². The summed E-state index contributed by atoms with van der Waals surface area (Å²) in [5, 5.41) is 25.1.